The number of aromatic nitrogens is 2. The second-order valence-corrected chi connectivity index (χ2v) is 7.58. The third kappa shape index (κ3) is 4.98. The van der Waals surface area contributed by atoms with Crippen LogP contribution in [0.1, 0.15) is 47.2 Å². The first-order valence-electron chi connectivity index (χ1n) is 10.2. The van der Waals surface area contributed by atoms with Crippen molar-refractivity contribution in [2.24, 2.45) is 0 Å². The summed E-state index contributed by atoms with van der Waals surface area (Å²) in [5.41, 5.74) is 5.13. The Labute approximate surface area is 180 Å². The Morgan fingerprint density at radius 3 is 2.45 bits per heavy atom. The standard InChI is InChI=1S/C25H24N4O2/c1-16(19-6-4-3-5-7-19)26-25(31)20-10-13-22-23(15-20)29-24(28-22)14-18-8-11-21(12-9-18)27-17(2)30/h3-13,15-16H,14H2,1-2H3,(H,26,31)(H,27,30)(H,28,29)/t16-/m1/s1. The minimum absolute atomic E-state index is 0.0813. The number of benzene rings is 3. The largest absolute Gasteiger partial charge is 0.346 e. The molecular weight excluding hydrogens is 388 g/mol. The van der Waals surface area contributed by atoms with Crippen molar-refractivity contribution in [2.75, 3.05) is 5.32 Å². The zero-order valence-electron chi connectivity index (χ0n) is 17.5. The van der Waals surface area contributed by atoms with Crippen molar-refractivity contribution < 1.29 is 9.59 Å². The maximum atomic E-state index is 12.7. The van der Waals surface area contributed by atoms with Crippen LogP contribution in [-0.2, 0) is 11.2 Å². The van der Waals surface area contributed by atoms with E-state index in [1.807, 2.05) is 73.7 Å². The number of aromatic amines is 1. The molecule has 0 spiro atoms. The van der Waals surface area contributed by atoms with Crippen molar-refractivity contribution >= 4 is 28.5 Å². The molecule has 4 rings (SSSR count). The van der Waals surface area contributed by atoms with Crippen LogP contribution < -0.4 is 10.6 Å². The lowest BCUT2D eigenvalue weighted by atomic mass is 10.1. The van der Waals surface area contributed by atoms with Crippen molar-refractivity contribution in [3.63, 3.8) is 0 Å². The van der Waals surface area contributed by atoms with Gasteiger partial charge in [0.15, 0.2) is 0 Å². The molecule has 0 aliphatic carbocycles. The number of amides is 2. The predicted octanol–water partition coefficient (Wildman–Crippen LogP) is 4.60. The van der Waals surface area contributed by atoms with Gasteiger partial charge in [-0.3, -0.25) is 9.59 Å². The lowest BCUT2D eigenvalue weighted by Crippen LogP contribution is -2.26. The van der Waals surface area contributed by atoms with Gasteiger partial charge < -0.3 is 15.6 Å². The van der Waals surface area contributed by atoms with Crippen LogP contribution in [0.3, 0.4) is 0 Å². The molecule has 0 radical (unpaired) electrons. The molecule has 0 aliphatic heterocycles. The number of nitrogens with one attached hydrogen (secondary N) is 3. The maximum Gasteiger partial charge on any atom is 0.251 e. The summed E-state index contributed by atoms with van der Waals surface area (Å²) in [4.78, 5) is 31.8. The number of carbonyl (C=O) groups is 2. The predicted molar refractivity (Wildman–Crippen MR) is 122 cm³/mol. The Bertz CT molecular complexity index is 1210. The number of fused-ring (bicyclic) bond motifs is 1. The molecule has 3 N–H and O–H groups in total. The van der Waals surface area contributed by atoms with E-state index < -0.39 is 0 Å². The van der Waals surface area contributed by atoms with Gasteiger partial charge in [0.25, 0.3) is 5.91 Å². The van der Waals surface area contributed by atoms with E-state index in [0.717, 1.165) is 33.7 Å². The summed E-state index contributed by atoms with van der Waals surface area (Å²) in [6.07, 6.45) is 0.627. The summed E-state index contributed by atoms with van der Waals surface area (Å²) in [6, 6.07) is 22.9. The van der Waals surface area contributed by atoms with Crippen molar-refractivity contribution in [2.45, 2.75) is 26.3 Å². The zero-order valence-corrected chi connectivity index (χ0v) is 17.5. The topological polar surface area (TPSA) is 86.9 Å². The molecule has 1 aromatic heterocycles. The molecule has 31 heavy (non-hydrogen) atoms. The molecule has 0 saturated carbocycles. The van der Waals surface area contributed by atoms with Gasteiger partial charge >= 0.3 is 0 Å². The van der Waals surface area contributed by atoms with Crippen molar-refractivity contribution in [3.8, 4) is 0 Å². The van der Waals surface area contributed by atoms with Crippen molar-refractivity contribution in [3.05, 3.63) is 95.3 Å². The Balaban J connectivity index is 1.46. The monoisotopic (exact) mass is 412 g/mol. The van der Waals surface area contributed by atoms with Crippen LogP contribution in [0.15, 0.2) is 72.8 Å². The summed E-state index contributed by atoms with van der Waals surface area (Å²) in [6.45, 7) is 3.45. The molecule has 4 aromatic rings. The van der Waals surface area contributed by atoms with Crippen molar-refractivity contribution in [1.29, 1.82) is 0 Å². The fourth-order valence-corrected chi connectivity index (χ4v) is 3.49. The Kier molecular flexibility index (Phi) is 5.80. The highest BCUT2D eigenvalue weighted by Gasteiger charge is 2.13. The highest BCUT2D eigenvalue weighted by molar-refractivity contribution is 5.97. The SMILES string of the molecule is CC(=O)Nc1ccc(Cc2nc3ccc(C(=O)N[C@H](C)c4ccccc4)cc3[nH]2)cc1. The molecule has 0 fully saturated rings. The van der Waals surface area contributed by atoms with Crippen LogP contribution in [-0.4, -0.2) is 21.8 Å². The van der Waals surface area contributed by atoms with Gasteiger partial charge in [0.2, 0.25) is 5.91 Å². The van der Waals surface area contributed by atoms with Gasteiger partial charge in [-0.1, -0.05) is 42.5 Å². The normalized spacial score (nSPS) is 11.8. The smallest absolute Gasteiger partial charge is 0.251 e. The highest BCUT2D eigenvalue weighted by atomic mass is 16.2. The average molecular weight is 412 g/mol. The van der Waals surface area contributed by atoms with Crippen LogP contribution in [0.5, 0.6) is 0 Å². The third-order valence-electron chi connectivity index (χ3n) is 5.09. The quantitative estimate of drug-likeness (QED) is 0.432. The number of imidazole rings is 1. The minimum atomic E-state index is -0.122. The van der Waals surface area contributed by atoms with Gasteiger partial charge in [-0.25, -0.2) is 4.98 Å². The molecule has 6 nitrogen and oxygen atoms in total. The lowest BCUT2D eigenvalue weighted by molar-refractivity contribution is -0.114. The fourth-order valence-electron chi connectivity index (χ4n) is 3.49. The third-order valence-corrected chi connectivity index (χ3v) is 5.09. The fraction of sp³-hybridized carbons (Fsp3) is 0.160. The van der Waals surface area contributed by atoms with Gasteiger partial charge in [-0.2, -0.15) is 0 Å². The summed E-state index contributed by atoms with van der Waals surface area (Å²) >= 11 is 0. The van der Waals surface area contributed by atoms with E-state index in [0.29, 0.717) is 12.0 Å². The number of hydrogen-bond donors (Lipinski definition) is 3. The average Bonchev–Trinajstić information content (AvgIpc) is 3.16. The molecule has 1 atom stereocenters. The maximum absolute atomic E-state index is 12.7. The van der Waals surface area contributed by atoms with E-state index in [-0.39, 0.29) is 17.9 Å². The van der Waals surface area contributed by atoms with E-state index in [2.05, 4.69) is 20.6 Å². The highest BCUT2D eigenvalue weighted by Crippen LogP contribution is 2.18. The number of hydrogen-bond acceptors (Lipinski definition) is 3. The summed E-state index contributed by atoms with van der Waals surface area (Å²) < 4.78 is 0. The van der Waals surface area contributed by atoms with E-state index in [4.69, 9.17) is 0 Å². The molecule has 2 amide bonds. The van der Waals surface area contributed by atoms with Crippen molar-refractivity contribution in [1.82, 2.24) is 15.3 Å². The number of carbonyl (C=O) groups excluding carboxylic acids is 2. The summed E-state index contributed by atoms with van der Waals surface area (Å²) in [5, 5.41) is 5.80. The number of rotatable bonds is 6. The second-order valence-electron chi connectivity index (χ2n) is 7.58. The zero-order chi connectivity index (χ0) is 21.8. The van der Waals surface area contributed by atoms with Crippen LogP contribution in [0, 0.1) is 0 Å². The Morgan fingerprint density at radius 1 is 1.00 bits per heavy atom. The molecule has 1 heterocycles. The molecular formula is C25H24N4O2. The first-order chi connectivity index (χ1) is 15.0. The van der Waals surface area contributed by atoms with E-state index in [1.165, 1.54) is 6.92 Å². The Hall–Kier alpha value is -3.93. The van der Waals surface area contributed by atoms with E-state index in [1.54, 1.807) is 6.07 Å². The van der Waals surface area contributed by atoms with Crippen LogP contribution in [0.2, 0.25) is 0 Å². The summed E-state index contributed by atoms with van der Waals surface area (Å²) in [7, 11) is 0. The van der Waals surface area contributed by atoms with E-state index in [9.17, 15) is 9.59 Å². The summed E-state index contributed by atoms with van der Waals surface area (Å²) in [5.74, 6) is 0.600. The van der Waals surface area contributed by atoms with Crippen LogP contribution in [0.4, 0.5) is 5.69 Å². The van der Waals surface area contributed by atoms with Crippen LogP contribution in [0.25, 0.3) is 11.0 Å². The van der Waals surface area contributed by atoms with Gasteiger partial charge in [0.05, 0.1) is 17.1 Å². The van der Waals surface area contributed by atoms with Gasteiger partial charge in [0.1, 0.15) is 5.82 Å². The molecule has 156 valence electrons. The molecule has 0 saturated heterocycles. The number of nitrogens with zero attached hydrogens (tertiary/aromatic N) is 1. The number of anilines is 1. The van der Waals surface area contributed by atoms with E-state index >= 15 is 0 Å². The minimum Gasteiger partial charge on any atom is -0.346 e. The van der Waals surface area contributed by atoms with Gasteiger partial charge in [-0.15, -0.1) is 0 Å². The van der Waals surface area contributed by atoms with Crippen LogP contribution >= 0.6 is 0 Å². The van der Waals surface area contributed by atoms with Gasteiger partial charge in [0, 0.05) is 24.6 Å². The second kappa shape index (κ2) is 8.83. The first-order valence-corrected chi connectivity index (χ1v) is 10.2. The number of H-pyrrole nitrogens is 1. The molecule has 6 heteroatoms. The van der Waals surface area contributed by atoms with Gasteiger partial charge in [-0.05, 0) is 48.4 Å². The Morgan fingerprint density at radius 2 is 1.74 bits per heavy atom. The molecule has 0 bridgehead atoms. The molecule has 3 aromatic carbocycles. The molecule has 0 aliphatic rings. The lowest BCUT2D eigenvalue weighted by Gasteiger charge is -2.14. The first kappa shape index (κ1) is 20.3. The molecule has 0 unspecified atom stereocenters.